The molecule has 2 fully saturated rings. The van der Waals surface area contributed by atoms with Crippen LogP contribution in [0.15, 0.2) is 0 Å². The molecule has 2 amide bonds. The van der Waals surface area contributed by atoms with Crippen molar-refractivity contribution >= 4 is 6.03 Å². The molecule has 0 bridgehead atoms. The second kappa shape index (κ2) is 7.84. The van der Waals surface area contributed by atoms with Crippen molar-refractivity contribution in [1.82, 2.24) is 15.1 Å². The fourth-order valence-electron chi connectivity index (χ4n) is 3.37. The molecule has 0 aliphatic carbocycles. The van der Waals surface area contributed by atoms with Crippen molar-refractivity contribution in [1.29, 1.82) is 0 Å². The average Bonchev–Trinajstić information content (AvgIpc) is 2.96. The summed E-state index contributed by atoms with van der Waals surface area (Å²) in [6.45, 7) is 7.41. The zero-order valence-corrected chi connectivity index (χ0v) is 12.7. The Morgan fingerprint density at radius 1 is 1.25 bits per heavy atom. The molecule has 2 saturated heterocycles. The predicted molar refractivity (Wildman–Crippen MR) is 79.7 cm³/mol. The van der Waals surface area contributed by atoms with Gasteiger partial charge in [-0.1, -0.05) is 6.92 Å². The van der Waals surface area contributed by atoms with E-state index in [9.17, 15) is 9.90 Å². The minimum Gasteiger partial charge on any atom is -0.394 e. The topological polar surface area (TPSA) is 55.8 Å². The molecule has 2 rings (SSSR count). The van der Waals surface area contributed by atoms with Gasteiger partial charge >= 0.3 is 6.03 Å². The van der Waals surface area contributed by atoms with E-state index in [2.05, 4.69) is 17.1 Å². The maximum absolute atomic E-state index is 12.1. The highest BCUT2D eigenvalue weighted by Gasteiger charge is 2.27. The van der Waals surface area contributed by atoms with E-state index in [4.69, 9.17) is 0 Å². The van der Waals surface area contributed by atoms with Gasteiger partial charge in [0.25, 0.3) is 0 Å². The number of nitrogens with zero attached hydrogens (tertiary/aromatic N) is 2. The monoisotopic (exact) mass is 283 g/mol. The summed E-state index contributed by atoms with van der Waals surface area (Å²) in [6.07, 6.45) is 5.54. The van der Waals surface area contributed by atoms with Gasteiger partial charge in [-0.15, -0.1) is 0 Å². The summed E-state index contributed by atoms with van der Waals surface area (Å²) in [7, 11) is 0. The molecule has 2 aliphatic rings. The molecule has 0 aromatic rings. The van der Waals surface area contributed by atoms with Gasteiger partial charge in [0, 0.05) is 13.1 Å². The third-order valence-electron chi connectivity index (χ3n) is 4.83. The van der Waals surface area contributed by atoms with Gasteiger partial charge in [0.2, 0.25) is 0 Å². The number of carbonyl (C=O) groups excluding carboxylic acids is 1. The highest BCUT2D eigenvalue weighted by molar-refractivity contribution is 5.74. The first-order valence-corrected chi connectivity index (χ1v) is 8.12. The second-order valence-electron chi connectivity index (χ2n) is 6.07. The molecule has 0 saturated carbocycles. The van der Waals surface area contributed by atoms with Crippen molar-refractivity contribution in [3.8, 4) is 0 Å². The Morgan fingerprint density at radius 3 is 2.65 bits per heavy atom. The van der Waals surface area contributed by atoms with Crippen LogP contribution in [0.4, 0.5) is 4.79 Å². The second-order valence-corrected chi connectivity index (χ2v) is 6.07. The van der Waals surface area contributed by atoms with Gasteiger partial charge in [0.05, 0.1) is 12.6 Å². The minimum atomic E-state index is 0.00699. The molecule has 2 N–H and O–H groups in total. The molecule has 0 aromatic carbocycles. The van der Waals surface area contributed by atoms with Crippen molar-refractivity contribution in [2.75, 3.05) is 39.3 Å². The van der Waals surface area contributed by atoms with E-state index in [0.29, 0.717) is 0 Å². The Hall–Kier alpha value is -0.810. The number of likely N-dealkylation sites (tertiary alicyclic amines) is 2. The van der Waals surface area contributed by atoms with Gasteiger partial charge in [-0.25, -0.2) is 4.79 Å². The fraction of sp³-hybridized carbons (Fsp3) is 0.933. The molecule has 2 aliphatic heterocycles. The van der Waals surface area contributed by atoms with E-state index in [-0.39, 0.29) is 18.7 Å². The summed E-state index contributed by atoms with van der Waals surface area (Å²) in [5.41, 5.74) is 0. The molecule has 5 heteroatoms. The minimum absolute atomic E-state index is 0.00699. The van der Waals surface area contributed by atoms with Gasteiger partial charge in [-0.05, 0) is 57.7 Å². The number of urea groups is 1. The maximum atomic E-state index is 12.1. The van der Waals surface area contributed by atoms with Crippen LogP contribution in [0.2, 0.25) is 0 Å². The summed E-state index contributed by atoms with van der Waals surface area (Å²) >= 11 is 0. The molecule has 0 radical (unpaired) electrons. The van der Waals surface area contributed by atoms with E-state index in [1.807, 2.05) is 0 Å². The SMILES string of the molecule is CCN1CCC(CCNC(=O)N2CCC[C@H]2CO)CC1. The van der Waals surface area contributed by atoms with Crippen LogP contribution in [0.5, 0.6) is 0 Å². The number of amides is 2. The molecular weight excluding hydrogens is 254 g/mol. The van der Waals surface area contributed by atoms with Crippen molar-refractivity contribution in [3.05, 3.63) is 0 Å². The third-order valence-corrected chi connectivity index (χ3v) is 4.83. The lowest BCUT2D eigenvalue weighted by Crippen LogP contribution is -2.44. The zero-order chi connectivity index (χ0) is 14.4. The van der Waals surface area contributed by atoms with Crippen molar-refractivity contribution in [2.24, 2.45) is 5.92 Å². The first kappa shape index (κ1) is 15.6. The lowest BCUT2D eigenvalue weighted by atomic mass is 9.93. The number of nitrogens with one attached hydrogen (secondary N) is 1. The Labute approximate surface area is 122 Å². The van der Waals surface area contributed by atoms with E-state index in [0.717, 1.165) is 44.8 Å². The molecule has 20 heavy (non-hydrogen) atoms. The van der Waals surface area contributed by atoms with Crippen LogP contribution in [-0.2, 0) is 0 Å². The Kier molecular flexibility index (Phi) is 6.10. The number of piperidine rings is 1. The van der Waals surface area contributed by atoms with Gasteiger partial charge in [0.1, 0.15) is 0 Å². The van der Waals surface area contributed by atoms with Crippen LogP contribution >= 0.6 is 0 Å². The summed E-state index contributed by atoms with van der Waals surface area (Å²) in [4.78, 5) is 16.3. The lowest BCUT2D eigenvalue weighted by Gasteiger charge is -2.31. The van der Waals surface area contributed by atoms with Crippen LogP contribution in [0.3, 0.4) is 0 Å². The summed E-state index contributed by atoms with van der Waals surface area (Å²) in [5.74, 6) is 0.755. The predicted octanol–water partition coefficient (Wildman–Crippen LogP) is 1.27. The van der Waals surface area contributed by atoms with Crippen LogP contribution in [0.1, 0.15) is 39.0 Å². The van der Waals surface area contributed by atoms with Crippen LogP contribution in [-0.4, -0.2) is 66.3 Å². The lowest BCUT2D eigenvalue weighted by molar-refractivity contribution is 0.155. The molecule has 0 spiro atoms. The number of aliphatic hydroxyl groups excluding tert-OH is 1. The third kappa shape index (κ3) is 4.09. The van der Waals surface area contributed by atoms with Crippen molar-refractivity contribution in [2.45, 2.75) is 45.1 Å². The standard InChI is InChI=1S/C15H29N3O2/c1-2-17-10-6-13(7-11-17)5-8-16-15(20)18-9-3-4-14(18)12-19/h13-14,19H,2-12H2,1H3,(H,16,20)/t14-/m0/s1. The number of aliphatic hydroxyl groups is 1. The van der Waals surface area contributed by atoms with E-state index < -0.39 is 0 Å². The highest BCUT2D eigenvalue weighted by Crippen LogP contribution is 2.20. The largest absolute Gasteiger partial charge is 0.394 e. The van der Waals surface area contributed by atoms with Crippen LogP contribution in [0.25, 0.3) is 0 Å². The van der Waals surface area contributed by atoms with Crippen LogP contribution < -0.4 is 5.32 Å². The molecular formula is C15H29N3O2. The molecule has 5 nitrogen and oxygen atoms in total. The Morgan fingerprint density at radius 2 is 2.00 bits per heavy atom. The number of carbonyl (C=O) groups is 1. The molecule has 0 unspecified atom stereocenters. The molecule has 116 valence electrons. The summed E-state index contributed by atoms with van der Waals surface area (Å²) < 4.78 is 0. The summed E-state index contributed by atoms with van der Waals surface area (Å²) in [5, 5.41) is 12.3. The number of hydrogen-bond acceptors (Lipinski definition) is 3. The van der Waals surface area contributed by atoms with E-state index in [1.165, 1.54) is 25.9 Å². The van der Waals surface area contributed by atoms with Crippen molar-refractivity contribution < 1.29 is 9.90 Å². The molecule has 0 aromatic heterocycles. The first-order chi connectivity index (χ1) is 9.74. The van der Waals surface area contributed by atoms with Gasteiger partial charge in [-0.2, -0.15) is 0 Å². The summed E-state index contributed by atoms with van der Waals surface area (Å²) in [6, 6.07) is 0.0373. The van der Waals surface area contributed by atoms with Gasteiger partial charge in [0.15, 0.2) is 0 Å². The molecule has 2 heterocycles. The van der Waals surface area contributed by atoms with E-state index in [1.54, 1.807) is 4.90 Å². The van der Waals surface area contributed by atoms with Gasteiger partial charge < -0.3 is 20.2 Å². The maximum Gasteiger partial charge on any atom is 0.317 e. The quantitative estimate of drug-likeness (QED) is 0.799. The van der Waals surface area contributed by atoms with Crippen LogP contribution in [0, 0.1) is 5.92 Å². The average molecular weight is 283 g/mol. The van der Waals surface area contributed by atoms with Gasteiger partial charge in [-0.3, -0.25) is 0 Å². The highest BCUT2D eigenvalue weighted by atomic mass is 16.3. The van der Waals surface area contributed by atoms with E-state index >= 15 is 0 Å². The van der Waals surface area contributed by atoms with Crippen molar-refractivity contribution in [3.63, 3.8) is 0 Å². The Bertz CT molecular complexity index is 303. The fourth-order valence-corrected chi connectivity index (χ4v) is 3.37. The zero-order valence-electron chi connectivity index (χ0n) is 12.7. The number of rotatable bonds is 5. The Balaban J connectivity index is 1.62. The number of hydrogen-bond donors (Lipinski definition) is 2. The molecule has 1 atom stereocenters. The smallest absolute Gasteiger partial charge is 0.317 e. The first-order valence-electron chi connectivity index (χ1n) is 8.12. The normalized spacial score (nSPS) is 25.1.